The van der Waals surface area contributed by atoms with E-state index in [9.17, 15) is 18.8 Å². The van der Waals surface area contributed by atoms with Gasteiger partial charge in [-0.2, -0.15) is 0 Å². The van der Waals surface area contributed by atoms with E-state index in [2.05, 4.69) is 5.94 Å². The summed E-state index contributed by atoms with van der Waals surface area (Å²) in [5, 5.41) is 0. The quantitative estimate of drug-likeness (QED) is 0.451. The van der Waals surface area contributed by atoms with E-state index in [1.807, 2.05) is 23.6 Å². The predicted molar refractivity (Wildman–Crippen MR) is 121 cm³/mol. The number of carbonyl (C=O) groups is 2. The van der Waals surface area contributed by atoms with Gasteiger partial charge in [0.1, 0.15) is 29.9 Å². The summed E-state index contributed by atoms with van der Waals surface area (Å²) in [5.41, 5.74) is 1.65. The van der Waals surface area contributed by atoms with Crippen molar-refractivity contribution in [3.05, 3.63) is 70.7 Å². The molecule has 9 heteroatoms. The molecule has 1 aliphatic heterocycles. The minimum Gasteiger partial charge on any atom is -0.478 e. The summed E-state index contributed by atoms with van der Waals surface area (Å²) < 4.78 is 28.7. The molecule has 0 bridgehead atoms. The minimum absolute atomic E-state index is 0.0478. The lowest BCUT2D eigenvalue weighted by atomic mass is 10.0. The Morgan fingerprint density at radius 1 is 1.03 bits per heavy atom. The molecule has 0 aromatic heterocycles. The van der Waals surface area contributed by atoms with Crippen LogP contribution in [0.4, 0.5) is 4.39 Å². The number of nitrogens with zero attached hydrogens (tertiary/aromatic N) is 2. The van der Waals surface area contributed by atoms with E-state index in [-0.39, 0.29) is 41.5 Å². The molecule has 0 aliphatic carbocycles. The van der Waals surface area contributed by atoms with Gasteiger partial charge in [0.2, 0.25) is 0 Å². The summed E-state index contributed by atoms with van der Waals surface area (Å²) in [7, 11) is 2.49. The van der Waals surface area contributed by atoms with E-state index < -0.39 is 11.9 Å². The molecule has 1 aliphatic rings. The van der Waals surface area contributed by atoms with Crippen molar-refractivity contribution in [1.82, 2.24) is 9.80 Å². The van der Waals surface area contributed by atoms with Crippen molar-refractivity contribution < 1.29 is 33.0 Å². The lowest BCUT2D eigenvalue weighted by Crippen LogP contribution is -2.55. The van der Waals surface area contributed by atoms with Gasteiger partial charge in [-0.3, -0.25) is 4.90 Å². The molecule has 8 nitrogen and oxygen atoms in total. The second kappa shape index (κ2) is 11.0. The fraction of sp³-hybridized carbons (Fsp3) is 0.360. The molecule has 0 radical (unpaired) electrons. The SMILES string of the molecule is COC(=O)c1cc(OCN2C[C@H](C)N(Cc3ccc(F)cc3)C(=C=O)[C@H]2C)cc(C(=O)OC)c1. The minimum atomic E-state index is -0.613. The van der Waals surface area contributed by atoms with Gasteiger partial charge in [-0.05, 0) is 49.7 Å². The zero-order valence-electron chi connectivity index (χ0n) is 19.5. The number of hydrogen-bond donors (Lipinski definition) is 0. The summed E-state index contributed by atoms with van der Waals surface area (Å²) in [5.74, 6) is 0.801. The number of esters is 2. The first-order valence-corrected chi connectivity index (χ1v) is 10.7. The molecule has 0 amide bonds. The Morgan fingerprint density at radius 3 is 2.15 bits per heavy atom. The monoisotopic (exact) mass is 470 g/mol. The zero-order valence-corrected chi connectivity index (χ0v) is 19.5. The molecule has 0 saturated carbocycles. The molecule has 1 heterocycles. The van der Waals surface area contributed by atoms with E-state index in [4.69, 9.17) is 14.2 Å². The van der Waals surface area contributed by atoms with Crippen LogP contribution < -0.4 is 4.74 Å². The molecule has 0 unspecified atom stereocenters. The predicted octanol–water partition coefficient (Wildman–Crippen LogP) is 3.05. The van der Waals surface area contributed by atoms with Crippen LogP contribution in [0, 0.1) is 5.82 Å². The van der Waals surface area contributed by atoms with Crippen LogP contribution in [-0.2, 0) is 20.8 Å². The molecule has 2 atom stereocenters. The highest BCUT2D eigenvalue weighted by Crippen LogP contribution is 2.26. The van der Waals surface area contributed by atoms with Gasteiger partial charge in [-0.15, -0.1) is 0 Å². The topological polar surface area (TPSA) is 85.4 Å². The summed E-state index contributed by atoms with van der Waals surface area (Å²) >= 11 is 0. The Labute approximate surface area is 197 Å². The number of hydrogen-bond acceptors (Lipinski definition) is 8. The summed E-state index contributed by atoms with van der Waals surface area (Å²) in [6.07, 6.45) is 0. The average Bonchev–Trinajstić information content (AvgIpc) is 2.85. The summed E-state index contributed by atoms with van der Waals surface area (Å²) in [6.45, 7) is 4.99. The lowest BCUT2D eigenvalue weighted by molar-refractivity contribution is 0.0284. The van der Waals surface area contributed by atoms with E-state index in [1.165, 1.54) is 44.6 Å². The van der Waals surface area contributed by atoms with E-state index in [0.717, 1.165) is 5.56 Å². The number of carbonyl (C=O) groups excluding carboxylic acids is 3. The third-order valence-electron chi connectivity index (χ3n) is 5.80. The standard InChI is InChI=1S/C25H27FN2O6/c1-16-12-27(17(2)23(14-29)28(16)13-18-5-7-21(26)8-6-18)15-34-22-10-19(24(30)32-3)9-20(11-22)25(31)33-4/h5-11,16-17H,12-13,15H2,1-4H3/t16-,17+/m0/s1. The Hall–Kier alpha value is -3.68. The zero-order chi connectivity index (χ0) is 24.8. The summed E-state index contributed by atoms with van der Waals surface area (Å²) in [4.78, 5) is 39.8. The largest absolute Gasteiger partial charge is 0.478 e. The van der Waals surface area contributed by atoms with Crippen LogP contribution in [0.3, 0.4) is 0 Å². The van der Waals surface area contributed by atoms with Crippen molar-refractivity contribution >= 4 is 17.9 Å². The molecule has 3 rings (SSSR count). The smallest absolute Gasteiger partial charge is 0.338 e. The molecule has 0 spiro atoms. The third-order valence-corrected chi connectivity index (χ3v) is 5.80. The fourth-order valence-electron chi connectivity index (χ4n) is 3.89. The van der Waals surface area contributed by atoms with Crippen molar-refractivity contribution in [1.29, 1.82) is 0 Å². The van der Waals surface area contributed by atoms with Gasteiger partial charge in [0.25, 0.3) is 0 Å². The molecule has 2 aromatic carbocycles. The van der Waals surface area contributed by atoms with Gasteiger partial charge in [0.15, 0.2) is 0 Å². The van der Waals surface area contributed by atoms with Crippen LogP contribution in [0.1, 0.15) is 40.1 Å². The van der Waals surface area contributed by atoms with E-state index >= 15 is 0 Å². The number of ether oxygens (including phenoxy) is 3. The molecule has 34 heavy (non-hydrogen) atoms. The van der Waals surface area contributed by atoms with Crippen LogP contribution in [0.15, 0.2) is 48.2 Å². The normalized spacial score (nSPS) is 18.3. The first kappa shape index (κ1) is 25.0. The molecule has 180 valence electrons. The number of benzene rings is 2. The van der Waals surface area contributed by atoms with Gasteiger partial charge in [-0.1, -0.05) is 12.1 Å². The first-order valence-electron chi connectivity index (χ1n) is 10.7. The van der Waals surface area contributed by atoms with Gasteiger partial charge >= 0.3 is 11.9 Å². The van der Waals surface area contributed by atoms with Crippen molar-refractivity contribution in [2.45, 2.75) is 32.5 Å². The van der Waals surface area contributed by atoms with Gasteiger partial charge in [0, 0.05) is 19.1 Å². The van der Waals surface area contributed by atoms with Gasteiger partial charge in [0.05, 0.1) is 31.4 Å². The molecule has 1 fully saturated rings. The Morgan fingerprint density at radius 2 is 1.62 bits per heavy atom. The maximum atomic E-state index is 13.2. The number of rotatable bonds is 7. The lowest BCUT2D eigenvalue weighted by Gasteiger charge is -2.45. The highest BCUT2D eigenvalue weighted by molar-refractivity contribution is 5.96. The Bertz CT molecular complexity index is 1060. The molecule has 1 saturated heterocycles. The van der Waals surface area contributed by atoms with E-state index in [0.29, 0.717) is 18.8 Å². The van der Waals surface area contributed by atoms with Crippen LogP contribution in [0.2, 0.25) is 0 Å². The second-order valence-electron chi connectivity index (χ2n) is 8.04. The molecule has 0 N–H and O–H groups in total. The van der Waals surface area contributed by atoms with Crippen LogP contribution in [0.25, 0.3) is 0 Å². The molecular formula is C25H27FN2O6. The van der Waals surface area contributed by atoms with Crippen molar-refractivity contribution in [3.8, 4) is 5.75 Å². The Balaban J connectivity index is 1.75. The van der Waals surface area contributed by atoms with Crippen LogP contribution >= 0.6 is 0 Å². The highest BCUT2D eigenvalue weighted by Gasteiger charge is 2.34. The molecule has 2 aromatic rings. The highest BCUT2D eigenvalue weighted by atomic mass is 19.1. The maximum absolute atomic E-state index is 13.2. The average molecular weight is 470 g/mol. The van der Waals surface area contributed by atoms with Crippen LogP contribution in [-0.4, -0.2) is 67.3 Å². The van der Waals surface area contributed by atoms with E-state index in [1.54, 1.807) is 12.1 Å². The molecular weight excluding hydrogens is 443 g/mol. The second-order valence-corrected chi connectivity index (χ2v) is 8.04. The maximum Gasteiger partial charge on any atom is 0.338 e. The number of halogens is 1. The third kappa shape index (κ3) is 5.62. The van der Waals surface area contributed by atoms with Crippen molar-refractivity contribution in [3.63, 3.8) is 0 Å². The van der Waals surface area contributed by atoms with Gasteiger partial charge < -0.3 is 19.1 Å². The van der Waals surface area contributed by atoms with Gasteiger partial charge in [-0.25, -0.2) is 18.8 Å². The summed E-state index contributed by atoms with van der Waals surface area (Å²) in [6, 6.07) is 10.1. The number of piperazine rings is 1. The van der Waals surface area contributed by atoms with Crippen LogP contribution in [0.5, 0.6) is 5.75 Å². The van der Waals surface area contributed by atoms with Crippen molar-refractivity contribution in [2.24, 2.45) is 0 Å². The Kier molecular flexibility index (Phi) is 8.04. The first-order chi connectivity index (χ1) is 16.3. The number of methoxy groups -OCH3 is 2. The fourth-order valence-corrected chi connectivity index (χ4v) is 3.89. The van der Waals surface area contributed by atoms with Crippen molar-refractivity contribution in [2.75, 3.05) is 27.5 Å².